The van der Waals surface area contributed by atoms with Gasteiger partial charge in [-0.15, -0.1) is 0 Å². The second kappa shape index (κ2) is 5.53. The maximum Gasteiger partial charge on any atom is 0.0346 e. The number of aromatic nitrogens is 1. The van der Waals surface area contributed by atoms with Crippen molar-refractivity contribution in [1.29, 1.82) is 0 Å². The Bertz CT molecular complexity index is 452. The zero-order chi connectivity index (χ0) is 13.4. The van der Waals surface area contributed by atoms with Crippen LogP contribution in [0.15, 0.2) is 6.07 Å². The minimum absolute atomic E-state index is 0.283. The van der Waals surface area contributed by atoms with Crippen LogP contribution in [-0.2, 0) is 6.42 Å². The largest absolute Gasteiger partial charge is 0.346 e. The van der Waals surface area contributed by atoms with Crippen LogP contribution in [0.1, 0.15) is 68.1 Å². The molecule has 0 bridgehead atoms. The lowest BCUT2D eigenvalue weighted by Gasteiger charge is -2.24. The molecule has 1 fully saturated rings. The minimum atomic E-state index is 0.283. The molecule has 1 aromatic rings. The standard InChI is InChI=1S/C16H26N2S/c1-3-19-13-8-7-12(10-13)18-11(2)9-14-15(17)5-4-6-16(14)18/h9,12-13,15H,3-8,10,17H2,1-2H3. The molecular weight excluding hydrogens is 252 g/mol. The van der Waals surface area contributed by atoms with E-state index in [4.69, 9.17) is 5.73 Å². The highest BCUT2D eigenvalue weighted by atomic mass is 32.2. The maximum atomic E-state index is 6.28. The molecule has 106 valence electrons. The Balaban J connectivity index is 1.85. The van der Waals surface area contributed by atoms with Crippen molar-refractivity contribution >= 4 is 11.8 Å². The summed E-state index contributed by atoms with van der Waals surface area (Å²) in [7, 11) is 0. The fourth-order valence-electron chi connectivity index (χ4n) is 4.01. The van der Waals surface area contributed by atoms with Gasteiger partial charge in [-0.05, 0) is 62.8 Å². The van der Waals surface area contributed by atoms with Crippen LogP contribution < -0.4 is 5.73 Å². The first-order valence-corrected chi connectivity index (χ1v) is 8.83. The fourth-order valence-corrected chi connectivity index (χ4v) is 5.14. The Hall–Kier alpha value is -0.410. The van der Waals surface area contributed by atoms with Crippen molar-refractivity contribution in [3.63, 3.8) is 0 Å². The quantitative estimate of drug-likeness (QED) is 0.906. The van der Waals surface area contributed by atoms with Crippen LogP contribution in [0.25, 0.3) is 0 Å². The van der Waals surface area contributed by atoms with Gasteiger partial charge in [-0.3, -0.25) is 0 Å². The first kappa shape index (κ1) is 13.6. The number of aryl methyl sites for hydroxylation is 1. The first-order valence-electron chi connectivity index (χ1n) is 7.78. The van der Waals surface area contributed by atoms with Crippen molar-refractivity contribution < 1.29 is 0 Å². The summed E-state index contributed by atoms with van der Waals surface area (Å²) in [5, 5.41) is 0.879. The van der Waals surface area contributed by atoms with Crippen LogP contribution >= 0.6 is 11.8 Å². The van der Waals surface area contributed by atoms with E-state index in [2.05, 4.69) is 36.2 Å². The third kappa shape index (κ3) is 2.47. The summed E-state index contributed by atoms with van der Waals surface area (Å²) < 4.78 is 2.64. The number of nitrogens with two attached hydrogens (primary N) is 1. The van der Waals surface area contributed by atoms with Crippen LogP contribution in [0.3, 0.4) is 0 Å². The molecule has 0 aliphatic heterocycles. The molecule has 2 aliphatic rings. The van der Waals surface area contributed by atoms with Crippen molar-refractivity contribution in [2.24, 2.45) is 5.73 Å². The molecule has 3 atom stereocenters. The molecule has 0 radical (unpaired) electrons. The highest BCUT2D eigenvalue weighted by Gasteiger charge is 2.30. The lowest BCUT2D eigenvalue weighted by Crippen LogP contribution is -2.20. The van der Waals surface area contributed by atoms with Crippen molar-refractivity contribution in [3.8, 4) is 0 Å². The Morgan fingerprint density at radius 2 is 2.21 bits per heavy atom. The monoisotopic (exact) mass is 278 g/mol. The van der Waals surface area contributed by atoms with E-state index in [9.17, 15) is 0 Å². The van der Waals surface area contributed by atoms with Crippen molar-refractivity contribution in [2.45, 2.75) is 69.7 Å². The van der Waals surface area contributed by atoms with Crippen molar-refractivity contribution in [2.75, 3.05) is 5.75 Å². The molecule has 0 saturated heterocycles. The number of hydrogen-bond acceptors (Lipinski definition) is 2. The van der Waals surface area contributed by atoms with Gasteiger partial charge >= 0.3 is 0 Å². The molecule has 1 saturated carbocycles. The SMILES string of the molecule is CCSC1CCC(n2c(C)cc3c2CCCC3N)C1. The smallest absolute Gasteiger partial charge is 0.0346 e. The molecule has 0 amide bonds. The van der Waals surface area contributed by atoms with Gasteiger partial charge in [0, 0.05) is 28.7 Å². The van der Waals surface area contributed by atoms with Crippen LogP contribution in [0.4, 0.5) is 0 Å². The van der Waals surface area contributed by atoms with Gasteiger partial charge in [0.25, 0.3) is 0 Å². The molecule has 3 rings (SSSR count). The van der Waals surface area contributed by atoms with Gasteiger partial charge in [0.1, 0.15) is 0 Å². The van der Waals surface area contributed by atoms with E-state index in [1.807, 2.05) is 0 Å². The normalized spacial score (nSPS) is 30.6. The molecule has 3 unspecified atom stereocenters. The predicted molar refractivity (Wildman–Crippen MR) is 83.8 cm³/mol. The molecule has 3 heteroatoms. The van der Waals surface area contributed by atoms with Gasteiger partial charge in [-0.2, -0.15) is 11.8 Å². The fraction of sp³-hybridized carbons (Fsp3) is 0.750. The van der Waals surface area contributed by atoms with E-state index in [1.165, 1.54) is 49.1 Å². The molecule has 2 nitrogen and oxygen atoms in total. The molecule has 1 heterocycles. The van der Waals surface area contributed by atoms with Gasteiger partial charge < -0.3 is 10.3 Å². The first-order chi connectivity index (χ1) is 9.20. The van der Waals surface area contributed by atoms with Crippen molar-refractivity contribution in [3.05, 3.63) is 23.0 Å². The van der Waals surface area contributed by atoms with Gasteiger partial charge in [-0.25, -0.2) is 0 Å². The number of rotatable bonds is 3. The summed E-state index contributed by atoms with van der Waals surface area (Å²) in [5.74, 6) is 1.25. The van der Waals surface area contributed by atoms with Gasteiger partial charge in [0.2, 0.25) is 0 Å². The van der Waals surface area contributed by atoms with Crippen LogP contribution in [-0.4, -0.2) is 15.6 Å². The van der Waals surface area contributed by atoms with Crippen LogP contribution in [0.5, 0.6) is 0 Å². The summed E-state index contributed by atoms with van der Waals surface area (Å²) in [6.07, 6.45) is 7.76. The molecule has 2 aliphatic carbocycles. The average molecular weight is 278 g/mol. The second-order valence-electron chi connectivity index (χ2n) is 6.10. The van der Waals surface area contributed by atoms with E-state index in [0.29, 0.717) is 0 Å². The van der Waals surface area contributed by atoms with E-state index in [0.717, 1.165) is 17.7 Å². The van der Waals surface area contributed by atoms with E-state index in [-0.39, 0.29) is 6.04 Å². The van der Waals surface area contributed by atoms with E-state index in [1.54, 1.807) is 5.69 Å². The average Bonchev–Trinajstić information content (AvgIpc) is 2.94. The second-order valence-corrected chi connectivity index (χ2v) is 7.68. The molecule has 0 spiro atoms. The molecular formula is C16H26N2S. The Morgan fingerprint density at radius 3 is 3.00 bits per heavy atom. The lowest BCUT2D eigenvalue weighted by atomic mass is 9.93. The van der Waals surface area contributed by atoms with Crippen molar-refractivity contribution in [1.82, 2.24) is 4.57 Å². The summed E-state index contributed by atoms with van der Waals surface area (Å²) in [6, 6.07) is 3.38. The summed E-state index contributed by atoms with van der Waals surface area (Å²) in [5.41, 5.74) is 10.7. The highest BCUT2D eigenvalue weighted by Crippen LogP contribution is 2.41. The molecule has 0 aromatic carbocycles. The van der Waals surface area contributed by atoms with Gasteiger partial charge in [0.05, 0.1) is 0 Å². The number of nitrogens with zero attached hydrogens (tertiary/aromatic N) is 1. The van der Waals surface area contributed by atoms with E-state index >= 15 is 0 Å². The molecule has 19 heavy (non-hydrogen) atoms. The zero-order valence-electron chi connectivity index (χ0n) is 12.2. The number of thioether (sulfide) groups is 1. The third-order valence-electron chi connectivity index (χ3n) is 4.82. The summed E-state index contributed by atoms with van der Waals surface area (Å²) >= 11 is 2.15. The Morgan fingerprint density at radius 1 is 1.37 bits per heavy atom. The van der Waals surface area contributed by atoms with Gasteiger partial charge in [-0.1, -0.05) is 6.92 Å². The number of fused-ring (bicyclic) bond motifs is 1. The van der Waals surface area contributed by atoms with Crippen LogP contribution in [0, 0.1) is 6.92 Å². The third-order valence-corrected chi connectivity index (χ3v) is 6.05. The summed E-state index contributed by atoms with van der Waals surface area (Å²) in [4.78, 5) is 0. The number of hydrogen-bond donors (Lipinski definition) is 1. The Kier molecular flexibility index (Phi) is 3.95. The van der Waals surface area contributed by atoms with E-state index < -0.39 is 0 Å². The predicted octanol–water partition coefficient (Wildman–Crippen LogP) is 3.98. The Labute approximate surface area is 121 Å². The maximum absolute atomic E-state index is 6.28. The van der Waals surface area contributed by atoms with Crippen LogP contribution in [0.2, 0.25) is 0 Å². The summed E-state index contributed by atoms with van der Waals surface area (Å²) in [6.45, 7) is 4.55. The topological polar surface area (TPSA) is 30.9 Å². The van der Waals surface area contributed by atoms with Gasteiger partial charge in [0.15, 0.2) is 0 Å². The minimum Gasteiger partial charge on any atom is -0.346 e. The molecule has 1 aromatic heterocycles. The zero-order valence-corrected chi connectivity index (χ0v) is 13.0. The lowest BCUT2D eigenvalue weighted by molar-refractivity contribution is 0.468. The molecule has 2 N–H and O–H groups in total. The highest BCUT2D eigenvalue weighted by molar-refractivity contribution is 7.99.